The van der Waals surface area contributed by atoms with Gasteiger partial charge in [0.05, 0.1) is 11.2 Å². The molecule has 5 nitrogen and oxygen atoms in total. The molecule has 1 aromatic carbocycles. The lowest BCUT2D eigenvalue weighted by molar-refractivity contribution is -0.119. The van der Waals surface area contributed by atoms with E-state index < -0.39 is 5.56 Å². The molecule has 2 aromatic rings. The molecule has 2 rings (SSSR count). The zero-order valence-corrected chi connectivity index (χ0v) is 12.8. The average Bonchev–Trinajstić information content (AvgIpc) is 2.50. The van der Waals surface area contributed by atoms with Gasteiger partial charge in [-0.2, -0.15) is 5.10 Å². The van der Waals surface area contributed by atoms with Gasteiger partial charge < -0.3 is 4.90 Å². The van der Waals surface area contributed by atoms with Gasteiger partial charge in [0.2, 0.25) is 5.91 Å². The summed E-state index contributed by atoms with van der Waals surface area (Å²) >= 11 is 11.5. The van der Waals surface area contributed by atoms with Crippen LogP contribution in [0.2, 0.25) is 10.0 Å². The van der Waals surface area contributed by atoms with Gasteiger partial charge in [-0.3, -0.25) is 9.59 Å². The van der Waals surface area contributed by atoms with Crippen LogP contribution in [0.15, 0.2) is 41.3 Å². The number of likely N-dealkylation sites (N-methyl/N-ethyl adjacent to an activating group) is 1. The fourth-order valence-corrected chi connectivity index (χ4v) is 2.15. The molecule has 1 amide bonds. The molecule has 21 heavy (non-hydrogen) atoms. The summed E-state index contributed by atoms with van der Waals surface area (Å²) in [7, 11) is 0. The van der Waals surface area contributed by atoms with Gasteiger partial charge in [-0.25, -0.2) is 4.68 Å². The lowest BCUT2D eigenvalue weighted by atomic mass is 10.3. The molecule has 0 saturated heterocycles. The Bertz CT molecular complexity index is 701. The summed E-state index contributed by atoms with van der Waals surface area (Å²) in [5, 5.41) is 3.76. The van der Waals surface area contributed by atoms with Crippen LogP contribution in [0.25, 0.3) is 0 Å². The van der Waals surface area contributed by atoms with Gasteiger partial charge >= 0.3 is 0 Å². The van der Waals surface area contributed by atoms with Crippen LogP contribution in [0, 0.1) is 0 Å². The smallest absolute Gasteiger partial charge is 0.287 e. The molecule has 0 fully saturated rings. The van der Waals surface area contributed by atoms with E-state index in [1.165, 1.54) is 6.20 Å². The number of aromatic nitrogens is 2. The molecule has 0 aliphatic carbocycles. The summed E-state index contributed by atoms with van der Waals surface area (Å²) in [6.45, 7) is 2.15. The number of para-hydroxylation sites is 1. The second kappa shape index (κ2) is 6.74. The zero-order chi connectivity index (χ0) is 15.4. The van der Waals surface area contributed by atoms with E-state index in [0.717, 1.165) is 10.4 Å². The van der Waals surface area contributed by atoms with Gasteiger partial charge in [0, 0.05) is 12.2 Å². The number of rotatable bonds is 4. The Morgan fingerprint density at radius 3 is 2.57 bits per heavy atom. The van der Waals surface area contributed by atoms with Crippen molar-refractivity contribution in [3.63, 3.8) is 0 Å². The molecule has 1 aromatic heterocycles. The summed E-state index contributed by atoms with van der Waals surface area (Å²) < 4.78 is 1.00. The minimum absolute atomic E-state index is 0.0702. The summed E-state index contributed by atoms with van der Waals surface area (Å²) in [4.78, 5) is 25.8. The lowest BCUT2D eigenvalue weighted by Crippen LogP contribution is -2.37. The monoisotopic (exact) mass is 325 g/mol. The maximum atomic E-state index is 12.3. The summed E-state index contributed by atoms with van der Waals surface area (Å²) in [6.07, 6.45) is 1.25. The van der Waals surface area contributed by atoms with Gasteiger partial charge in [0.15, 0.2) is 0 Å². The quantitative estimate of drug-likeness (QED) is 0.868. The zero-order valence-electron chi connectivity index (χ0n) is 11.3. The second-order valence-electron chi connectivity index (χ2n) is 4.24. The maximum absolute atomic E-state index is 12.3. The summed E-state index contributed by atoms with van der Waals surface area (Å²) in [5.41, 5.74) is 0.180. The Hall–Kier alpha value is -1.85. The van der Waals surface area contributed by atoms with Crippen LogP contribution >= 0.6 is 23.2 Å². The highest BCUT2D eigenvalue weighted by molar-refractivity contribution is 6.41. The Morgan fingerprint density at radius 2 is 1.95 bits per heavy atom. The van der Waals surface area contributed by atoms with E-state index in [4.69, 9.17) is 23.2 Å². The lowest BCUT2D eigenvalue weighted by Gasteiger charge is -2.21. The van der Waals surface area contributed by atoms with E-state index in [1.807, 2.05) is 37.3 Å². The first-order chi connectivity index (χ1) is 10.0. The molecule has 0 bridgehead atoms. The van der Waals surface area contributed by atoms with Crippen molar-refractivity contribution in [3.05, 3.63) is 56.9 Å². The second-order valence-corrected chi connectivity index (χ2v) is 5.03. The fraction of sp³-hybridized carbons (Fsp3) is 0.214. The van der Waals surface area contributed by atoms with Crippen LogP contribution in [0.4, 0.5) is 5.69 Å². The molecule has 0 spiro atoms. The maximum Gasteiger partial charge on any atom is 0.287 e. The molecule has 0 atom stereocenters. The molecule has 0 aliphatic heterocycles. The first-order valence-corrected chi connectivity index (χ1v) is 7.06. The molecular weight excluding hydrogens is 313 g/mol. The van der Waals surface area contributed by atoms with Crippen molar-refractivity contribution in [1.82, 2.24) is 9.78 Å². The minimum Gasteiger partial charge on any atom is -0.311 e. The van der Waals surface area contributed by atoms with Crippen molar-refractivity contribution in [2.75, 3.05) is 11.4 Å². The van der Waals surface area contributed by atoms with Gasteiger partial charge in [0.25, 0.3) is 5.56 Å². The molecule has 0 saturated carbocycles. The van der Waals surface area contributed by atoms with E-state index in [0.29, 0.717) is 6.54 Å². The van der Waals surface area contributed by atoms with Gasteiger partial charge in [-0.15, -0.1) is 0 Å². The van der Waals surface area contributed by atoms with Crippen molar-refractivity contribution in [2.45, 2.75) is 13.5 Å². The van der Waals surface area contributed by atoms with Crippen LogP contribution in [0.1, 0.15) is 6.92 Å². The van der Waals surface area contributed by atoms with Crippen LogP contribution in [-0.2, 0) is 11.3 Å². The molecular formula is C14H13Cl2N3O2. The van der Waals surface area contributed by atoms with Gasteiger partial charge in [-0.05, 0) is 19.1 Å². The van der Waals surface area contributed by atoms with Crippen molar-refractivity contribution >= 4 is 34.8 Å². The predicted octanol–water partition coefficient (Wildman–Crippen LogP) is 2.60. The first kappa shape index (κ1) is 15.5. The number of hydrogen-bond acceptors (Lipinski definition) is 3. The highest BCUT2D eigenvalue weighted by Crippen LogP contribution is 2.16. The Balaban J connectivity index is 2.25. The minimum atomic E-state index is -0.582. The number of hydrogen-bond donors (Lipinski definition) is 0. The molecule has 1 heterocycles. The normalized spacial score (nSPS) is 10.4. The molecule has 0 unspecified atom stereocenters. The van der Waals surface area contributed by atoms with E-state index >= 15 is 0 Å². The van der Waals surface area contributed by atoms with Crippen LogP contribution in [0.5, 0.6) is 0 Å². The number of carbonyl (C=O) groups excluding carboxylic acids is 1. The molecule has 0 aliphatic rings. The van der Waals surface area contributed by atoms with E-state index in [2.05, 4.69) is 5.10 Å². The van der Waals surface area contributed by atoms with Crippen LogP contribution < -0.4 is 10.5 Å². The number of carbonyl (C=O) groups is 1. The molecule has 7 heteroatoms. The van der Waals surface area contributed by atoms with Crippen molar-refractivity contribution in [2.24, 2.45) is 0 Å². The summed E-state index contributed by atoms with van der Waals surface area (Å²) in [5.74, 6) is -0.253. The number of nitrogens with zero attached hydrogens (tertiary/aromatic N) is 3. The average molecular weight is 326 g/mol. The number of halogens is 2. The van der Waals surface area contributed by atoms with E-state index in [9.17, 15) is 9.59 Å². The van der Waals surface area contributed by atoms with Crippen molar-refractivity contribution in [3.8, 4) is 0 Å². The Morgan fingerprint density at radius 1 is 1.29 bits per heavy atom. The van der Waals surface area contributed by atoms with Crippen molar-refractivity contribution < 1.29 is 4.79 Å². The molecule has 110 valence electrons. The number of benzene rings is 1. The van der Waals surface area contributed by atoms with Crippen LogP contribution in [0.3, 0.4) is 0 Å². The number of anilines is 1. The first-order valence-electron chi connectivity index (χ1n) is 6.31. The summed E-state index contributed by atoms with van der Waals surface area (Å²) in [6, 6.07) is 9.20. The fourth-order valence-electron chi connectivity index (χ4n) is 1.88. The molecule has 0 radical (unpaired) electrons. The van der Waals surface area contributed by atoms with Gasteiger partial charge in [0.1, 0.15) is 11.6 Å². The standard InChI is InChI=1S/C14H13Cl2N3O2/c1-2-18(10-6-4-3-5-7-10)12(20)9-19-14(21)13(16)11(15)8-17-19/h3-8H,2,9H2,1H3. The Labute approximate surface area is 131 Å². The van der Waals surface area contributed by atoms with E-state index in [-0.39, 0.29) is 22.5 Å². The number of amides is 1. The Kier molecular flexibility index (Phi) is 4.98. The predicted molar refractivity (Wildman–Crippen MR) is 83.0 cm³/mol. The third-order valence-electron chi connectivity index (χ3n) is 2.91. The SMILES string of the molecule is CCN(C(=O)Cn1ncc(Cl)c(Cl)c1=O)c1ccccc1. The highest BCUT2D eigenvalue weighted by Gasteiger charge is 2.16. The van der Waals surface area contributed by atoms with Crippen molar-refractivity contribution in [1.29, 1.82) is 0 Å². The van der Waals surface area contributed by atoms with Gasteiger partial charge in [-0.1, -0.05) is 41.4 Å². The van der Waals surface area contributed by atoms with E-state index in [1.54, 1.807) is 4.90 Å². The highest BCUT2D eigenvalue weighted by atomic mass is 35.5. The molecule has 0 N–H and O–H groups in total. The third-order valence-corrected chi connectivity index (χ3v) is 3.66. The topological polar surface area (TPSA) is 55.2 Å². The van der Waals surface area contributed by atoms with Crippen LogP contribution in [-0.4, -0.2) is 22.2 Å². The largest absolute Gasteiger partial charge is 0.311 e. The third kappa shape index (κ3) is 3.43.